The molecule has 4 rings (SSSR count). The summed E-state index contributed by atoms with van der Waals surface area (Å²) in [6.07, 6.45) is -3.85. The molecular formula is C22H20ClF3N4O2. The van der Waals surface area contributed by atoms with E-state index in [-0.39, 0.29) is 12.2 Å². The molecule has 0 spiro atoms. The normalized spacial score (nSPS) is 14.4. The van der Waals surface area contributed by atoms with Crippen LogP contribution in [0.2, 0.25) is 5.02 Å². The lowest BCUT2D eigenvalue weighted by Crippen LogP contribution is -2.36. The first-order chi connectivity index (χ1) is 15.3. The van der Waals surface area contributed by atoms with E-state index in [9.17, 15) is 18.0 Å². The third kappa shape index (κ3) is 4.89. The Balaban J connectivity index is 1.49. The molecule has 0 aliphatic carbocycles. The first kappa shape index (κ1) is 22.2. The molecule has 1 saturated heterocycles. The molecule has 0 unspecified atom stereocenters. The fourth-order valence-electron chi connectivity index (χ4n) is 3.49. The quantitative estimate of drug-likeness (QED) is 0.611. The molecule has 168 valence electrons. The number of alkyl halides is 3. The van der Waals surface area contributed by atoms with Crippen molar-refractivity contribution in [3.8, 4) is 5.69 Å². The minimum Gasteiger partial charge on any atom is -0.378 e. The number of anilines is 1. The van der Waals surface area contributed by atoms with Crippen LogP contribution in [-0.4, -0.2) is 42.0 Å². The highest BCUT2D eigenvalue weighted by atomic mass is 35.5. The number of halogens is 4. The standard InChI is InChI=1S/C22H20ClF3N4O2/c23-16-3-7-18(8-4-16)30-20(22(24,25)26)19(14-28-30)21(31)27-13-15-1-5-17(6-2-15)29-9-11-32-12-10-29/h1-8,14H,9-13H2,(H,27,31). The number of hydrogen-bond donors (Lipinski definition) is 1. The summed E-state index contributed by atoms with van der Waals surface area (Å²) < 4.78 is 47.3. The molecule has 2 aromatic carbocycles. The van der Waals surface area contributed by atoms with E-state index in [1.54, 1.807) is 0 Å². The Morgan fingerprint density at radius 2 is 1.66 bits per heavy atom. The van der Waals surface area contributed by atoms with Gasteiger partial charge in [-0.05, 0) is 42.0 Å². The Bertz CT molecular complexity index is 1080. The topological polar surface area (TPSA) is 59.4 Å². The van der Waals surface area contributed by atoms with Crippen molar-refractivity contribution in [3.05, 3.63) is 76.6 Å². The highest BCUT2D eigenvalue weighted by Gasteiger charge is 2.40. The summed E-state index contributed by atoms with van der Waals surface area (Å²) in [4.78, 5) is 14.8. The number of hydrogen-bond acceptors (Lipinski definition) is 4. The van der Waals surface area contributed by atoms with Gasteiger partial charge in [0, 0.05) is 30.3 Å². The number of rotatable bonds is 5. The smallest absolute Gasteiger partial charge is 0.378 e. The Kier molecular flexibility index (Phi) is 6.38. The molecule has 32 heavy (non-hydrogen) atoms. The van der Waals surface area contributed by atoms with Gasteiger partial charge in [-0.15, -0.1) is 0 Å². The summed E-state index contributed by atoms with van der Waals surface area (Å²) in [7, 11) is 0. The third-order valence-electron chi connectivity index (χ3n) is 5.12. The number of carbonyl (C=O) groups excluding carboxylic acids is 1. The first-order valence-electron chi connectivity index (χ1n) is 9.94. The van der Waals surface area contributed by atoms with Crippen LogP contribution in [0, 0.1) is 0 Å². The van der Waals surface area contributed by atoms with Gasteiger partial charge < -0.3 is 15.0 Å². The molecular weight excluding hydrogens is 445 g/mol. The van der Waals surface area contributed by atoms with Crippen LogP contribution in [0.3, 0.4) is 0 Å². The molecule has 6 nitrogen and oxygen atoms in total. The van der Waals surface area contributed by atoms with E-state index < -0.39 is 23.3 Å². The summed E-state index contributed by atoms with van der Waals surface area (Å²) >= 11 is 5.81. The van der Waals surface area contributed by atoms with Crippen LogP contribution in [0.1, 0.15) is 21.6 Å². The van der Waals surface area contributed by atoms with Crippen molar-refractivity contribution in [3.63, 3.8) is 0 Å². The van der Waals surface area contributed by atoms with Gasteiger partial charge in [0.25, 0.3) is 5.91 Å². The molecule has 1 fully saturated rings. The summed E-state index contributed by atoms with van der Waals surface area (Å²) in [6, 6.07) is 13.3. The number of nitrogens with one attached hydrogen (secondary N) is 1. The van der Waals surface area contributed by atoms with Gasteiger partial charge in [-0.1, -0.05) is 23.7 Å². The van der Waals surface area contributed by atoms with Crippen molar-refractivity contribution < 1.29 is 22.7 Å². The van der Waals surface area contributed by atoms with Gasteiger partial charge in [0.05, 0.1) is 30.7 Å². The highest BCUT2D eigenvalue weighted by molar-refractivity contribution is 6.30. The van der Waals surface area contributed by atoms with Crippen LogP contribution >= 0.6 is 11.6 Å². The summed E-state index contributed by atoms with van der Waals surface area (Å²) in [5.41, 5.74) is 0.276. The van der Waals surface area contributed by atoms with Crippen LogP contribution in [-0.2, 0) is 17.5 Å². The number of ether oxygens (including phenoxy) is 1. The van der Waals surface area contributed by atoms with Gasteiger partial charge in [0.2, 0.25) is 0 Å². The third-order valence-corrected chi connectivity index (χ3v) is 5.37. The summed E-state index contributed by atoms with van der Waals surface area (Å²) in [5.74, 6) is -0.852. The predicted molar refractivity (Wildman–Crippen MR) is 114 cm³/mol. The molecule has 0 bridgehead atoms. The molecule has 2 heterocycles. The molecule has 1 N–H and O–H groups in total. The van der Waals surface area contributed by atoms with Crippen molar-refractivity contribution in [2.75, 3.05) is 31.2 Å². The van der Waals surface area contributed by atoms with E-state index in [1.807, 2.05) is 24.3 Å². The molecule has 0 atom stereocenters. The van der Waals surface area contributed by atoms with E-state index in [1.165, 1.54) is 24.3 Å². The van der Waals surface area contributed by atoms with Gasteiger partial charge in [-0.25, -0.2) is 4.68 Å². The second kappa shape index (κ2) is 9.22. The molecule has 3 aromatic rings. The molecule has 10 heteroatoms. The molecule has 1 aromatic heterocycles. The van der Waals surface area contributed by atoms with E-state index in [0.29, 0.717) is 22.9 Å². The number of benzene rings is 2. The van der Waals surface area contributed by atoms with Crippen LogP contribution in [0.25, 0.3) is 5.69 Å². The van der Waals surface area contributed by atoms with E-state index in [0.717, 1.165) is 30.5 Å². The SMILES string of the molecule is O=C(NCc1ccc(N2CCOCC2)cc1)c1cnn(-c2ccc(Cl)cc2)c1C(F)(F)F. The molecule has 1 amide bonds. The fourth-order valence-corrected chi connectivity index (χ4v) is 3.62. The second-order valence-corrected chi connectivity index (χ2v) is 7.68. The maximum atomic E-state index is 13.8. The van der Waals surface area contributed by atoms with Gasteiger partial charge >= 0.3 is 6.18 Å². The van der Waals surface area contributed by atoms with Crippen molar-refractivity contribution >= 4 is 23.2 Å². The molecule has 0 saturated carbocycles. The first-order valence-corrected chi connectivity index (χ1v) is 10.3. The second-order valence-electron chi connectivity index (χ2n) is 7.24. The Morgan fingerprint density at radius 1 is 1.03 bits per heavy atom. The lowest BCUT2D eigenvalue weighted by atomic mass is 10.1. The van der Waals surface area contributed by atoms with Gasteiger partial charge in [-0.2, -0.15) is 18.3 Å². The molecule has 0 radical (unpaired) electrons. The lowest BCUT2D eigenvalue weighted by molar-refractivity contribution is -0.143. The lowest BCUT2D eigenvalue weighted by Gasteiger charge is -2.28. The zero-order valence-electron chi connectivity index (χ0n) is 16.9. The highest BCUT2D eigenvalue weighted by Crippen LogP contribution is 2.34. The van der Waals surface area contributed by atoms with Crippen LogP contribution in [0.15, 0.2) is 54.7 Å². The van der Waals surface area contributed by atoms with Crippen molar-refractivity contribution in [2.45, 2.75) is 12.7 Å². The minimum absolute atomic E-state index is 0.0889. The summed E-state index contributed by atoms with van der Waals surface area (Å²) in [6.45, 7) is 3.03. The number of morpholine rings is 1. The number of aromatic nitrogens is 2. The summed E-state index contributed by atoms with van der Waals surface area (Å²) in [5, 5.41) is 6.73. The zero-order valence-corrected chi connectivity index (χ0v) is 17.7. The Morgan fingerprint density at radius 3 is 2.28 bits per heavy atom. The van der Waals surface area contributed by atoms with Crippen molar-refractivity contribution in [1.29, 1.82) is 0 Å². The van der Waals surface area contributed by atoms with Gasteiger partial charge in [-0.3, -0.25) is 4.79 Å². The minimum atomic E-state index is -4.78. The van der Waals surface area contributed by atoms with Gasteiger partial charge in [0.15, 0.2) is 5.69 Å². The number of nitrogens with zero attached hydrogens (tertiary/aromatic N) is 3. The molecule has 1 aliphatic heterocycles. The molecule has 1 aliphatic rings. The fraction of sp³-hybridized carbons (Fsp3) is 0.273. The van der Waals surface area contributed by atoms with E-state index in [4.69, 9.17) is 16.3 Å². The maximum Gasteiger partial charge on any atom is 0.434 e. The van der Waals surface area contributed by atoms with Crippen molar-refractivity contribution in [2.24, 2.45) is 0 Å². The predicted octanol–water partition coefficient (Wildman–Crippen LogP) is 4.31. The largest absolute Gasteiger partial charge is 0.434 e. The van der Waals surface area contributed by atoms with Crippen molar-refractivity contribution in [1.82, 2.24) is 15.1 Å². The zero-order chi connectivity index (χ0) is 22.7. The maximum absolute atomic E-state index is 13.8. The van der Waals surface area contributed by atoms with E-state index >= 15 is 0 Å². The Hall–Kier alpha value is -3.04. The average molecular weight is 465 g/mol. The van der Waals surface area contributed by atoms with Crippen LogP contribution in [0.4, 0.5) is 18.9 Å². The van der Waals surface area contributed by atoms with Crippen LogP contribution in [0.5, 0.6) is 0 Å². The Labute approximate surface area is 187 Å². The van der Waals surface area contributed by atoms with Gasteiger partial charge in [0.1, 0.15) is 0 Å². The number of amides is 1. The van der Waals surface area contributed by atoms with E-state index in [2.05, 4.69) is 15.3 Å². The average Bonchev–Trinajstić information content (AvgIpc) is 3.25. The monoisotopic (exact) mass is 464 g/mol. The van der Waals surface area contributed by atoms with Crippen LogP contribution < -0.4 is 10.2 Å². The number of carbonyl (C=O) groups is 1.